The van der Waals surface area contributed by atoms with Crippen LogP contribution >= 0.6 is 0 Å². The van der Waals surface area contributed by atoms with E-state index in [1.165, 1.54) is 18.9 Å². The number of benzene rings is 1. The summed E-state index contributed by atoms with van der Waals surface area (Å²) in [4.78, 5) is 2.32. The molecule has 2 atom stereocenters. The van der Waals surface area contributed by atoms with Crippen LogP contribution in [0.2, 0.25) is 0 Å². The molecule has 0 aromatic heterocycles. The second-order valence-electron chi connectivity index (χ2n) is 5.37. The first-order valence-corrected chi connectivity index (χ1v) is 6.52. The highest BCUT2D eigenvalue weighted by molar-refractivity contribution is 5.32. The fourth-order valence-electron chi connectivity index (χ4n) is 2.65. The molecule has 0 spiro atoms. The van der Waals surface area contributed by atoms with Crippen LogP contribution < -0.4 is 0 Å². The summed E-state index contributed by atoms with van der Waals surface area (Å²) in [5, 5.41) is 8.72. The minimum absolute atomic E-state index is 0.264. The summed E-state index contributed by atoms with van der Waals surface area (Å²) in [6.45, 7) is 6.15. The molecule has 1 aliphatic rings. The number of nitrogens with zero attached hydrogens (tertiary/aromatic N) is 2. The van der Waals surface area contributed by atoms with E-state index in [2.05, 4.69) is 18.7 Å². The fourth-order valence-corrected chi connectivity index (χ4v) is 2.65. The maximum absolute atomic E-state index is 13.8. The average molecular weight is 246 g/mol. The van der Waals surface area contributed by atoms with Gasteiger partial charge in [-0.2, -0.15) is 5.26 Å². The molecule has 0 aliphatic carbocycles. The number of nitriles is 1. The number of piperidine rings is 1. The van der Waals surface area contributed by atoms with Gasteiger partial charge in [-0.05, 0) is 44.4 Å². The molecule has 0 radical (unpaired) electrons. The Kier molecular flexibility index (Phi) is 3.98. The first kappa shape index (κ1) is 13.0. The van der Waals surface area contributed by atoms with Crippen LogP contribution in [0.5, 0.6) is 0 Å². The van der Waals surface area contributed by atoms with Gasteiger partial charge in [-0.3, -0.25) is 4.90 Å². The SMILES string of the molecule is CC1CCN(Cc2ccc(C#N)cc2F)C(C)C1. The molecule has 1 aliphatic heterocycles. The van der Waals surface area contributed by atoms with E-state index in [-0.39, 0.29) is 5.82 Å². The lowest BCUT2D eigenvalue weighted by molar-refractivity contribution is 0.121. The number of hydrogen-bond acceptors (Lipinski definition) is 2. The minimum Gasteiger partial charge on any atom is -0.296 e. The van der Waals surface area contributed by atoms with Crippen molar-refractivity contribution in [2.45, 2.75) is 39.3 Å². The number of hydrogen-bond donors (Lipinski definition) is 0. The number of halogens is 1. The zero-order valence-corrected chi connectivity index (χ0v) is 11.0. The average Bonchev–Trinajstić information content (AvgIpc) is 2.34. The molecule has 18 heavy (non-hydrogen) atoms. The van der Waals surface area contributed by atoms with Gasteiger partial charge in [0.25, 0.3) is 0 Å². The summed E-state index contributed by atoms with van der Waals surface area (Å²) in [5.41, 5.74) is 1.08. The molecule has 2 nitrogen and oxygen atoms in total. The second kappa shape index (κ2) is 5.49. The van der Waals surface area contributed by atoms with Crippen molar-refractivity contribution in [2.75, 3.05) is 6.54 Å². The van der Waals surface area contributed by atoms with Gasteiger partial charge in [-0.15, -0.1) is 0 Å². The Morgan fingerprint density at radius 1 is 1.44 bits per heavy atom. The van der Waals surface area contributed by atoms with E-state index in [4.69, 9.17) is 5.26 Å². The Morgan fingerprint density at radius 3 is 2.83 bits per heavy atom. The van der Waals surface area contributed by atoms with Crippen LogP contribution in [0.1, 0.15) is 37.8 Å². The molecule has 1 aromatic rings. The molecule has 1 heterocycles. The predicted molar refractivity (Wildman–Crippen MR) is 69.4 cm³/mol. The molecule has 1 saturated heterocycles. The van der Waals surface area contributed by atoms with Crippen LogP contribution in [0.3, 0.4) is 0 Å². The highest BCUT2D eigenvalue weighted by Gasteiger charge is 2.23. The lowest BCUT2D eigenvalue weighted by Gasteiger charge is -2.36. The Morgan fingerprint density at radius 2 is 2.22 bits per heavy atom. The summed E-state index contributed by atoms with van der Waals surface area (Å²) in [5.74, 6) is 0.502. The molecule has 3 heteroatoms. The minimum atomic E-state index is -0.264. The second-order valence-corrected chi connectivity index (χ2v) is 5.37. The van der Waals surface area contributed by atoms with E-state index in [1.54, 1.807) is 12.1 Å². The van der Waals surface area contributed by atoms with Gasteiger partial charge < -0.3 is 0 Å². The molecule has 96 valence electrons. The molecule has 0 bridgehead atoms. The number of rotatable bonds is 2. The van der Waals surface area contributed by atoms with Crippen LogP contribution in [0.15, 0.2) is 18.2 Å². The van der Waals surface area contributed by atoms with E-state index in [0.29, 0.717) is 23.7 Å². The van der Waals surface area contributed by atoms with E-state index in [1.807, 2.05) is 6.07 Å². The zero-order valence-electron chi connectivity index (χ0n) is 11.0. The van der Waals surface area contributed by atoms with Gasteiger partial charge in [0.1, 0.15) is 5.82 Å². The molecular formula is C15H19FN2. The van der Waals surface area contributed by atoms with E-state index in [9.17, 15) is 4.39 Å². The van der Waals surface area contributed by atoms with Gasteiger partial charge in [0, 0.05) is 18.2 Å². The molecular weight excluding hydrogens is 227 g/mol. The first-order chi connectivity index (χ1) is 8.60. The topological polar surface area (TPSA) is 27.0 Å². The summed E-state index contributed by atoms with van der Waals surface area (Å²) < 4.78 is 13.8. The van der Waals surface area contributed by atoms with Crippen LogP contribution in [-0.4, -0.2) is 17.5 Å². The summed E-state index contributed by atoms with van der Waals surface area (Å²) in [7, 11) is 0. The largest absolute Gasteiger partial charge is 0.296 e. The molecule has 0 amide bonds. The maximum Gasteiger partial charge on any atom is 0.129 e. The maximum atomic E-state index is 13.8. The predicted octanol–water partition coefficient (Wildman–Crippen LogP) is 3.32. The van der Waals surface area contributed by atoms with E-state index < -0.39 is 0 Å². The molecule has 2 rings (SSSR count). The van der Waals surface area contributed by atoms with E-state index >= 15 is 0 Å². The third-order valence-corrected chi connectivity index (χ3v) is 3.83. The van der Waals surface area contributed by atoms with Gasteiger partial charge >= 0.3 is 0 Å². The van der Waals surface area contributed by atoms with Crippen molar-refractivity contribution in [3.05, 3.63) is 35.1 Å². The summed E-state index contributed by atoms with van der Waals surface area (Å²) in [6.07, 6.45) is 2.36. The highest BCUT2D eigenvalue weighted by Crippen LogP contribution is 2.24. The summed E-state index contributed by atoms with van der Waals surface area (Å²) >= 11 is 0. The van der Waals surface area contributed by atoms with Gasteiger partial charge in [0.05, 0.1) is 11.6 Å². The standard InChI is InChI=1S/C15H19FN2/c1-11-5-6-18(12(2)7-11)10-14-4-3-13(9-17)8-15(14)16/h3-4,8,11-12H,5-7,10H2,1-2H3. The third kappa shape index (κ3) is 2.88. The lowest BCUT2D eigenvalue weighted by Crippen LogP contribution is -2.39. The van der Waals surface area contributed by atoms with E-state index in [0.717, 1.165) is 12.5 Å². The van der Waals surface area contributed by atoms with Crippen LogP contribution in [-0.2, 0) is 6.54 Å². The Hall–Kier alpha value is -1.40. The molecule has 1 aromatic carbocycles. The van der Waals surface area contributed by atoms with Crippen molar-refractivity contribution >= 4 is 0 Å². The highest BCUT2D eigenvalue weighted by atomic mass is 19.1. The Labute approximate surface area is 108 Å². The van der Waals surface area contributed by atoms with Gasteiger partial charge in [0.15, 0.2) is 0 Å². The third-order valence-electron chi connectivity index (χ3n) is 3.83. The van der Waals surface area contributed by atoms with Crippen molar-refractivity contribution < 1.29 is 4.39 Å². The van der Waals surface area contributed by atoms with Crippen molar-refractivity contribution in [2.24, 2.45) is 5.92 Å². The monoisotopic (exact) mass is 246 g/mol. The first-order valence-electron chi connectivity index (χ1n) is 6.52. The van der Waals surface area contributed by atoms with Crippen molar-refractivity contribution in [3.8, 4) is 6.07 Å². The number of likely N-dealkylation sites (tertiary alicyclic amines) is 1. The van der Waals surface area contributed by atoms with Crippen LogP contribution in [0.4, 0.5) is 4.39 Å². The molecule has 1 fully saturated rings. The van der Waals surface area contributed by atoms with Crippen molar-refractivity contribution in [3.63, 3.8) is 0 Å². The van der Waals surface area contributed by atoms with Crippen LogP contribution in [0, 0.1) is 23.1 Å². The van der Waals surface area contributed by atoms with Gasteiger partial charge in [-0.25, -0.2) is 4.39 Å². The quantitative estimate of drug-likeness (QED) is 0.800. The fraction of sp³-hybridized carbons (Fsp3) is 0.533. The molecule has 2 unspecified atom stereocenters. The smallest absolute Gasteiger partial charge is 0.129 e. The van der Waals surface area contributed by atoms with Gasteiger partial charge in [-0.1, -0.05) is 13.0 Å². The van der Waals surface area contributed by atoms with Gasteiger partial charge in [0.2, 0.25) is 0 Å². The normalized spacial score (nSPS) is 24.8. The Balaban J connectivity index is 2.08. The van der Waals surface area contributed by atoms with Crippen molar-refractivity contribution in [1.82, 2.24) is 4.90 Å². The summed E-state index contributed by atoms with van der Waals surface area (Å²) in [6, 6.07) is 7.21. The molecule has 0 saturated carbocycles. The Bertz CT molecular complexity index is 464. The van der Waals surface area contributed by atoms with Crippen LogP contribution in [0.25, 0.3) is 0 Å². The lowest BCUT2D eigenvalue weighted by atomic mass is 9.93. The van der Waals surface area contributed by atoms with Crippen molar-refractivity contribution in [1.29, 1.82) is 5.26 Å². The molecule has 0 N–H and O–H groups in total. The zero-order chi connectivity index (χ0) is 13.1.